The maximum atomic E-state index is 13.0. The van der Waals surface area contributed by atoms with E-state index >= 15 is 0 Å². The number of carbonyl (C=O) groups is 1. The van der Waals surface area contributed by atoms with E-state index in [-0.39, 0.29) is 5.69 Å². The molecule has 2 aromatic heterocycles. The Balaban J connectivity index is 1.67. The number of alkyl halides is 3. The monoisotopic (exact) mass is 378 g/mol. The summed E-state index contributed by atoms with van der Waals surface area (Å²) in [6.07, 6.45) is 2.65. The van der Waals surface area contributed by atoms with Gasteiger partial charge in [-0.15, -0.1) is 0 Å². The van der Waals surface area contributed by atoms with Crippen LogP contribution >= 0.6 is 0 Å². The maximum Gasteiger partial charge on any atom is 0.416 e. The largest absolute Gasteiger partial charge is 0.416 e. The van der Waals surface area contributed by atoms with Crippen LogP contribution in [-0.2, 0) is 12.7 Å². The number of hydrogen-bond acceptors (Lipinski definition) is 3. The molecule has 0 aliphatic carbocycles. The zero-order chi connectivity index (χ0) is 19.3. The van der Waals surface area contributed by atoms with Crippen LogP contribution in [-0.4, -0.2) is 32.1 Å². The maximum absolute atomic E-state index is 13.0. The average molecular weight is 378 g/mol. The number of benzene rings is 1. The van der Waals surface area contributed by atoms with Gasteiger partial charge in [-0.3, -0.25) is 4.68 Å². The molecule has 3 aromatic rings. The summed E-state index contributed by atoms with van der Waals surface area (Å²) in [7, 11) is 0. The molecule has 10 heteroatoms. The molecule has 0 aliphatic rings. The molecule has 0 saturated heterocycles. The van der Waals surface area contributed by atoms with Crippen molar-refractivity contribution in [2.24, 2.45) is 0 Å². The van der Waals surface area contributed by atoms with Crippen molar-refractivity contribution in [1.82, 2.24) is 24.9 Å². The zero-order valence-corrected chi connectivity index (χ0v) is 14.1. The third-order valence-electron chi connectivity index (χ3n) is 3.73. The Hall–Kier alpha value is -3.30. The lowest BCUT2D eigenvalue weighted by atomic mass is 10.1. The first-order valence-electron chi connectivity index (χ1n) is 8.17. The SMILES string of the molecule is O=C(NCCCn1cccn1)Nc1cc(C(F)(F)F)ccc1-n1cccn1. The lowest BCUT2D eigenvalue weighted by Crippen LogP contribution is -2.30. The van der Waals surface area contributed by atoms with Gasteiger partial charge in [0.25, 0.3) is 0 Å². The second-order valence-electron chi connectivity index (χ2n) is 5.68. The number of aromatic nitrogens is 4. The van der Waals surface area contributed by atoms with E-state index in [9.17, 15) is 18.0 Å². The normalized spacial score (nSPS) is 11.4. The van der Waals surface area contributed by atoms with E-state index in [4.69, 9.17) is 0 Å². The summed E-state index contributed by atoms with van der Waals surface area (Å²) in [4.78, 5) is 12.1. The van der Waals surface area contributed by atoms with Crippen molar-refractivity contribution in [2.45, 2.75) is 19.1 Å². The third kappa shape index (κ3) is 4.87. The minimum Gasteiger partial charge on any atom is -0.338 e. The van der Waals surface area contributed by atoms with Crippen LogP contribution in [0.15, 0.2) is 55.1 Å². The molecule has 3 rings (SSSR count). The molecular formula is C17H17F3N6O. The van der Waals surface area contributed by atoms with Gasteiger partial charge in [-0.05, 0) is 36.8 Å². The molecule has 0 saturated carbocycles. The van der Waals surface area contributed by atoms with E-state index < -0.39 is 17.8 Å². The average Bonchev–Trinajstić information content (AvgIpc) is 3.31. The summed E-state index contributed by atoms with van der Waals surface area (Å²) in [5.74, 6) is 0. The van der Waals surface area contributed by atoms with Crippen LogP contribution < -0.4 is 10.6 Å². The van der Waals surface area contributed by atoms with E-state index in [2.05, 4.69) is 20.8 Å². The van der Waals surface area contributed by atoms with Gasteiger partial charge in [0.1, 0.15) is 0 Å². The van der Waals surface area contributed by atoms with Gasteiger partial charge < -0.3 is 10.6 Å². The topological polar surface area (TPSA) is 76.8 Å². The van der Waals surface area contributed by atoms with Gasteiger partial charge in [-0.2, -0.15) is 23.4 Å². The van der Waals surface area contributed by atoms with E-state index in [0.717, 1.165) is 12.1 Å². The van der Waals surface area contributed by atoms with Gasteiger partial charge in [0, 0.05) is 37.9 Å². The molecule has 2 N–H and O–H groups in total. The predicted octanol–water partition coefficient (Wildman–Crippen LogP) is 3.30. The first-order valence-corrected chi connectivity index (χ1v) is 8.17. The molecule has 0 fully saturated rings. The fraction of sp³-hybridized carbons (Fsp3) is 0.235. The molecule has 0 unspecified atom stereocenters. The highest BCUT2D eigenvalue weighted by atomic mass is 19.4. The molecule has 0 aliphatic heterocycles. The lowest BCUT2D eigenvalue weighted by Gasteiger charge is -2.15. The Labute approximate surface area is 152 Å². The molecule has 27 heavy (non-hydrogen) atoms. The van der Waals surface area contributed by atoms with Crippen molar-refractivity contribution in [1.29, 1.82) is 0 Å². The summed E-state index contributed by atoms with van der Waals surface area (Å²) in [5, 5.41) is 13.1. The fourth-order valence-corrected chi connectivity index (χ4v) is 2.47. The highest BCUT2D eigenvalue weighted by Gasteiger charge is 2.31. The molecule has 2 amide bonds. The smallest absolute Gasteiger partial charge is 0.338 e. The molecule has 0 spiro atoms. The Morgan fingerprint density at radius 1 is 1.11 bits per heavy atom. The Morgan fingerprint density at radius 3 is 2.56 bits per heavy atom. The van der Waals surface area contributed by atoms with Crippen LogP contribution in [0.4, 0.5) is 23.7 Å². The number of nitrogens with zero attached hydrogens (tertiary/aromatic N) is 4. The number of hydrogen-bond donors (Lipinski definition) is 2. The number of urea groups is 1. The summed E-state index contributed by atoms with van der Waals surface area (Å²) >= 11 is 0. The fourth-order valence-electron chi connectivity index (χ4n) is 2.47. The number of carbonyl (C=O) groups excluding carboxylic acids is 1. The predicted molar refractivity (Wildman–Crippen MR) is 92.4 cm³/mol. The van der Waals surface area contributed by atoms with Crippen LogP contribution in [0.25, 0.3) is 5.69 Å². The van der Waals surface area contributed by atoms with Crippen LogP contribution in [0.5, 0.6) is 0 Å². The van der Waals surface area contributed by atoms with Crippen LogP contribution in [0.3, 0.4) is 0 Å². The van der Waals surface area contributed by atoms with Crippen LogP contribution in [0.2, 0.25) is 0 Å². The van der Waals surface area contributed by atoms with E-state index in [1.165, 1.54) is 16.9 Å². The van der Waals surface area contributed by atoms with Crippen molar-refractivity contribution in [3.63, 3.8) is 0 Å². The summed E-state index contributed by atoms with van der Waals surface area (Å²) < 4.78 is 42.1. The van der Waals surface area contributed by atoms with E-state index in [1.807, 2.05) is 0 Å². The second kappa shape index (κ2) is 7.94. The van der Waals surface area contributed by atoms with Crippen molar-refractivity contribution >= 4 is 11.7 Å². The molecule has 0 bridgehead atoms. The number of aryl methyl sites for hydroxylation is 1. The molecule has 1 aromatic carbocycles. The number of nitrogens with one attached hydrogen (secondary N) is 2. The number of anilines is 1. The first-order chi connectivity index (χ1) is 12.9. The van der Waals surface area contributed by atoms with Gasteiger partial charge >= 0.3 is 12.2 Å². The minimum absolute atomic E-state index is 0.0121. The second-order valence-corrected chi connectivity index (χ2v) is 5.68. The molecular weight excluding hydrogens is 361 g/mol. The highest BCUT2D eigenvalue weighted by Crippen LogP contribution is 2.33. The Morgan fingerprint density at radius 2 is 1.89 bits per heavy atom. The third-order valence-corrected chi connectivity index (χ3v) is 3.73. The number of rotatable bonds is 6. The van der Waals surface area contributed by atoms with Crippen molar-refractivity contribution < 1.29 is 18.0 Å². The van der Waals surface area contributed by atoms with Gasteiger partial charge in [-0.25, -0.2) is 9.48 Å². The number of halogens is 3. The summed E-state index contributed by atoms with van der Waals surface area (Å²) in [6.45, 7) is 0.969. The molecule has 2 heterocycles. The van der Waals surface area contributed by atoms with Crippen molar-refractivity contribution in [3.8, 4) is 5.69 Å². The van der Waals surface area contributed by atoms with Gasteiger partial charge in [0.15, 0.2) is 0 Å². The van der Waals surface area contributed by atoms with E-state index in [1.54, 1.807) is 35.4 Å². The minimum atomic E-state index is -4.51. The highest BCUT2D eigenvalue weighted by molar-refractivity contribution is 5.91. The van der Waals surface area contributed by atoms with Gasteiger partial charge in [0.05, 0.1) is 16.9 Å². The van der Waals surface area contributed by atoms with Gasteiger partial charge in [0.2, 0.25) is 0 Å². The van der Waals surface area contributed by atoms with Crippen molar-refractivity contribution in [2.75, 3.05) is 11.9 Å². The van der Waals surface area contributed by atoms with Gasteiger partial charge in [-0.1, -0.05) is 0 Å². The Kier molecular flexibility index (Phi) is 5.43. The standard InChI is InChI=1S/C17H17F3N6O/c18-17(19,20)13-4-5-15(26-11-3-8-23-26)14(12-13)24-16(27)21-6-1-9-25-10-2-7-22-25/h2-5,7-8,10-12H,1,6,9H2,(H2,21,24,27). The molecule has 0 radical (unpaired) electrons. The number of amides is 2. The summed E-state index contributed by atoms with van der Waals surface area (Å²) in [5.41, 5.74) is -0.509. The Bertz CT molecular complexity index is 875. The molecule has 0 atom stereocenters. The lowest BCUT2D eigenvalue weighted by molar-refractivity contribution is -0.137. The zero-order valence-electron chi connectivity index (χ0n) is 14.1. The first kappa shape index (κ1) is 18.5. The van der Waals surface area contributed by atoms with Crippen molar-refractivity contribution in [3.05, 3.63) is 60.7 Å². The quantitative estimate of drug-likeness (QED) is 0.646. The molecule has 7 nitrogen and oxygen atoms in total. The molecule has 142 valence electrons. The van der Waals surface area contributed by atoms with E-state index in [0.29, 0.717) is 25.2 Å². The summed E-state index contributed by atoms with van der Waals surface area (Å²) in [6, 6.07) is 5.94. The van der Waals surface area contributed by atoms with Crippen LogP contribution in [0.1, 0.15) is 12.0 Å². The van der Waals surface area contributed by atoms with Crippen LogP contribution in [0, 0.1) is 0 Å².